The van der Waals surface area contributed by atoms with Gasteiger partial charge in [-0.3, -0.25) is 4.90 Å². The topological polar surface area (TPSA) is 59.8 Å². The number of aliphatic hydroxyl groups excluding tert-OH is 1. The standard InChI is InChI=1S/C28H38FN3O3/c1-6-21(4)31(16-25(33)19-34-18-20(2)3)17-27-22(5)30-32(24-10-8-7-9-11-24)28(27)35-26-14-12-23(29)13-15-26/h7-15,20-21,25,33H,6,16-19H2,1-5H3/t21-,25+/m1/s1. The van der Waals surface area contributed by atoms with Gasteiger partial charge < -0.3 is 14.6 Å². The van der Waals surface area contributed by atoms with Crippen LogP contribution in [0.4, 0.5) is 4.39 Å². The molecular weight excluding hydrogens is 445 g/mol. The zero-order valence-electron chi connectivity index (χ0n) is 21.4. The number of aromatic nitrogens is 2. The van der Waals surface area contributed by atoms with E-state index in [1.807, 2.05) is 37.3 Å². The van der Waals surface area contributed by atoms with Gasteiger partial charge in [-0.2, -0.15) is 5.10 Å². The lowest BCUT2D eigenvalue weighted by Gasteiger charge is -2.30. The van der Waals surface area contributed by atoms with Crippen molar-refractivity contribution in [2.24, 2.45) is 5.92 Å². The molecule has 0 spiro atoms. The summed E-state index contributed by atoms with van der Waals surface area (Å²) in [5, 5.41) is 15.5. The summed E-state index contributed by atoms with van der Waals surface area (Å²) in [6.07, 6.45) is 0.327. The highest BCUT2D eigenvalue weighted by Crippen LogP contribution is 2.32. The monoisotopic (exact) mass is 483 g/mol. The van der Waals surface area contributed by atoms with Crippen molar-refractivity contribution in [2.75, 3.05) is 19.8 Å². The van der Waals surface area contributed by atoms with Crippen molar-refractivity contribution < 1.29 is 19.0 Å². The van der Waals surface area contributed by atoms with Crippen molar-refractivity contribution in [3.63, 3.8) is 0 Å². The molecule has 7 heteroatoms. The number of rotatable bonds is 13. The van der Waals surface area contributed by atoms with E-state index >= 15 is 0 Å². The molecule has 0 bridgehead atoms. The van der Waals surface area contributed by atoms with Crippen LogP contribution in [0.5, 0.6) is 11.6 Å². The Labute approximate surface area is 208 Å². The summed E-state index contributed by atoms with van der Waals surface area (Å²) >= 11 is 0. The number of para-hydroxylation sites is 1. The molecule has 0 aliphatic rings. The van der Waals surface area contributed by atoms with Crippen LogP contribution in [0.25, 0.3) is 5.69 Å². The van der Waals surface area contributed by atoms with Crippen LogP contribution < -0.4 is 4.74 Å². The molecule has 0 saturated heterocycles. The average Bonchev–Trinajstić information content (AvgIpc) is 3.14. The Hall–Kier alpha value is -2.74. The van der Waals surface area contributed by atoms with Crippen molar-refractivity contribution in [1.82, 2.24) is 14.7 Å². The summed E-state index contributed by atoms with van der Waals surface area (Å²) in [4.78, 5) is 2.24. The van der Waals surface area contributed by atoms with Crippen LogP contribution in [0.1, 0.15) is 45.4 Å². The van der Waals surface area contributed by atoms with E-state index in [-0.39, 0.29) is 11.9 Å². The maximum Gasteiger partial charge on any atom is 0.227 e. The van der Waals surface area contributed by atoms with Crippen LogP contribution in [-0.2, 0) is 11.3 Å². The van der Waals surface area contributed by atoms with Gasteiger partial charge in [0.2, 0.25) is 5.88 Å². The van der Waals surface area contributed by atoms with Crippen LogP contribution in [-0.4, -0.2) is 51.7 Å². The predicted molar refractivity (Wildman–Crippen MR) is 137 cm³/mol. The van der Waals surface area contributed by atoms with E-state index in [0.29, 0.717) is 43.9 Å². The first-order chi connectivity index (χ1) is 16.8. The normalized spacial score (nSPS) is 13.4. The smallest absolute Gasteiger partial charge is 0.227 e. The molecule has 1 N–H and O–H groups in total. The van der Waals surface area contributed by atoms with Gasteiger partial charge in [0.1, 0.15) is 11.6 Å². The molecule has 6 nitrogen and oxygen atoms in total. The molecule has 0 aliphatic heterocycles. The fraction of sp³-hybridized carbons (Fsp3) is 0.464. The summed E-state index contributed by atoms with van der Waals surface area (Å²) in [5.74, 6) is 1.22. The Morgan fingerprint density at radius 2 is 1.71 bits per heavy atom. The number of aliphatic hydroxyl groups is 1. The van der Waals surface area contributed by atoms with Gasteiger partial charge in [0, 0.05) is 25.7 Å². The first-order valence-corrected chi connectivity index (χ1v) is 12.4. The zero-order valence-corrected chi connectivity index (χ0v) is 21.4. The number of nitrogens with zero attached hydrogens (tertiary/aromatic N) is 3. The van der Waals surface area contributed by atoms with Crippen LogP contribution in [0.15, 0.2) is 54.6 Å². The highest BCUT2D eigenvalue weighted by atomic mass is 19.1. The minimum Gasteiger partial charge on any atom is -0.439 e. The second kappa shape index (κ2) is 12.8. The Bertz CT molecular complexity index is 1040. The van der Waals surface area contributed by atoms with Gasteiger partial charge in [-0.25, -0.2) is 9.07 Å². The zero-order chi connectivity index (χ0) is 25.4. The SMILES string of the molecule is CC[C@@H](C)N(Cc1c(C)nn(-c2ccccc2)c1Oc1ccc(F)cc1)C[C@H](O)COCC(C)C. The molecule has 190 valence electrons. The van der Waals surface area contributed by atoms with E-state index in [0.717, 1.165) is 23.4 Å². The Morgan fingerprint density at radius 1 is 1.03 bits per heavy atom. The summed E-state index contributed by atoms with van der Waals surface area (Å²) in [6.45, 7) is 12.4. The fourth-order valence-corrected chi connectivity index (χ4v) is 3.81. The summed E-state index contributed by atoms with van der Waals surface area (Å²) < 4.78 is 27.2. The molecule has 0 fully saturated rings. The van der Waals surface area contributed by atoms with Crippen molar-refractivity contribution >= 4 is 0 Å². The molecule has 3 aromatic rings. The maximum atomic E-state index is 13.5. The lowest BCUT2D eigenvalue weighted by atomic mass is 10.1. The molecular formula is C28H38FN3O3. The average molecular weight is 484 g/mol. The number of halogens is 1. The summed E-state index contributed by atoms with van der Waals surface area (Å²) in [5.41, 5.74) is 2.63. The number of hydrogen-bond donors (Lipinski definition) is 1. The third kappa shape index (κ3) is 7.62. The first-order valence-electron chi connectivity index (χ1n) is 12.4. The molecule has 0 radical (unpaired) electrons. The minimum atomic E-state index is -0.603. The van der Waals surface area contributed by atoms with Crippen molar-refractivity contribution in [2.45, 2.75) is 59.7 Å². The summed E-state index contributed by atoms with van der Waals surface area (Å²) in [6, 6.07) is 16.0. The second-order valence-electron chi connectivity index (χ2n) is 9.44. The Balaban J connectivity index is 1.91. The first kappa shape index (κ1) is 26.9. The maximum absolute atomic E-state index is 13.5. The van der Waals surface area contributed by atoms with E-state index in [1.54, 1.807) is 16.8 Å². The van der Waals surface area contributed by atoms with Gasteiger partial charge in [0.15, 0.2) is 0 Å². The third-order valence-electron chi connectivity index (χ3n) is 5.95. The Kier molecular flexibility index (Phi) is 9.83. The van der Waals surface area contributed by atoms with Crippen LogP contribution in [0.3, 0.4) is 0 Å². The van der Waals surface area contributed by atoms with Crippen LogP contribution in [0, 0.1) is 18.7 Å². The van der Waals surface area contributed by atoms with E-state index in [2.05, 4.69) is 32.6 Å². The second-order valence-corrected chi connectivity index (χ2v) is 9.44. The number of ether oxygens (including phenoxy) is 2. The molecule has 2 atom stereocenters. The minimum absolute atomic E-state index is 0.230. The van der Waals surface area contributed by atoms with Gasteiger partial charge in [-0.05, 0) is 62.6 Å². The van der Waals surface area contributed by atoms with Crippen LogP contribution >= 0.6 is 0 Å². The third-order valence-corrected chi connectivity index (χ3v) is 5.95. The van der Waals surface area contributed by atoms with Crippen molar-refractivity contribution in [3.05, 3.63) is 71.7 Å². The number of hydrogen-bond acceptors (Lipinski definition) is 5. The fourth-order valence-electron chi connectivity index (χ4n) is 3.81. The lowest BCUT2D eigenvalue weighted by Crippen LogP contribution is -2.40. The molecule has 0 unspecified atom stereocenters. The van der Waals surface area contributed by atoms with E-state index < -0.39 is 6.10 Å². The molecule has 0 saturated carbocycles. The van der Waals surface area contributed by atoms with Gasteiger partial charge >= 0.3 is 0 Å². The highest BCUT2D eigenvalue weighted by Gasteiger charge is 2.24. The molecule has 0 aliphatic carbocycles. The van der Waals surface area contributed by atoms with Gasteiger partial charge in [0.05, 0.1) is 29.7 Å². The molecule has 1 aromatic heterocycles. The molecule has 0 amide bonds. The molecule has 1 heterocycles. The van der Waals surface area contributed by atoms with Gasteiger partial charge in [-0.15, -0.1) is 0 Å². The number of aryl methyl sites for hydroxylation is 1. The van der Waals surface area contributed by atoms with Gasteiger partial charge in [-0.1, -0.05) is 39.0 Å². The van der Waals surface area contributed by atoms with Crippen molar-refractivity contribution in [3.8, 4) is 17.3 Å². The van der Waals surface area contributed by atoms with E-state index in [1.165, 1.54) is 12.1 Å². The van der Waals surface area contributed by atoms with Crippen molar-refractivity contribution in [1.29, 1.82) is 0 Å². The predicted octanol–water partition coefficient (Wildman–Crippen LogP) is 5.75. The largest absolute Gasteiger partial charge is 0.439 e. The lowest BCUT2D eigenvalue weighted by molar-refractivity contribution is -0.0000188. The van der Waals surface area contributed by atoms with E-state index in [9.17, 15) is 9.50 Å². The van der Waals surface area contributed by atoms with Crippen LogP contribution in [0.2, 0.25) is 0 Å². The highest BCUT2D eigenvalue weighted by molar-refractivity contribution is 5.43. The number of benzene rings is 2. The van der Waals surface area contributed by atoms with E-state index in [4.69, 9.17) is 14.6 Å². The molecule has 3 rings (SSSR count). The molecule has 2 aromatic carbocycles. The molecule has 35 heavy (non-hydrogen) atoms. The summed E-state index contributed by atoms with van der Waals surface area (Å²) in [7, 11) is 0. The quantitative estimate of drug-likeness (QED) is 0.336. The van der Waals surface area contributed by atoms with Gasteiger partial charge in [0.25, 0.3) is 0 Å². The Morgan fingerprint density at radius 3 is 2.34 bits per heavy atom.